The van der Waals surface area contributed by atoms with E-state index < -0.39 is 0 Å². The van der Waals surface area contributed by atoms with E-state index in [1.54, 1.807) is 0 Å². The second-order valence-corrected chi connectivity index (χ2v) is 9.69. The highest BCUT2D eigenvalue weighted by Crippen LogP contribution is 2.34. The fourth-order valence-electron chi connectivity index (χ4n) is 4.02. The Morgan fingerprint density at radius 1 is 1.12 bits per heavy atom. The van der Waals surface area contributed by atoms with Gasteiger partial charge in [0.2, 0.25) is 0 Å². The van der Waals surface area contributed by atoms with Crippen molar-refractivity contribution in [3.63, 3.8) is 0 Å². The van der Waals surface area contributed by atoms with Crippen molar-refractivity contribution in [3.05, 3.63) is 75.5 Å². The van der Waals surface area contributed by atoms with Gasteiger partial charge in [-0.15, -0.1) is 10.2 Å². The average molecular weight is 513 g/mol. The van der Waals surface area contributed by atoms with E-state index in [1.165, 1.54) is 11.8 Å². The summed E-state index contributed by atoms with van der Waals surface area (Å²) in [5.41, 5.74) is 2.45. The number of halogens is 1. The van der Waals surface area contributed by atoms with Crippen LogP contribution in [0.4, 0.5) is 0 Å². The van der Waals surface area contributed by atoms with Crippen LogP contribution >= 0.6 is 27.7 Å². The van der Waals surface area contributed by atoms with Crippen molar-refractivity contribution in [1.29, 1.82) is 0 Å². The Labute approximate surface area is 200 Å². The molecular formula is C24H25BrN4O2S. The number of rotatable bonds is 7. The molecule has 1 fully saturated rings. The summed E-state index contributed by atoms with van der Waals surface area (Å²) in [6.07, 6.45) is 1.79. The van der Waals surface area contributed by atoms with Gasteiger partial charge in [-0.2, -0.15) is 0 Å². The third kappa shape index (κ3) is 4.81. The van der Waals surface area contributed by atoms with Gasteiger partial charge in [-0.05, 0) is 51.0 Å². The molecule has 32 heavy (non-hydrogen) atoms. The Hall–Kier alpha value is -2.45. The second-order valence-electron chi connectivity index (χ2n) is 7.83. The molecule has 6 nitrogen and oxygen atoms in total. The van der Waals surface area contributed by atoms with Gasteiger partial charge in [0, 0.05) is 28.7 Å². The fraction of sp³-hybridized carbons (Fsp3) is 0.333. The van der Waals surface area contributed by atoms with Gasteiger partial charge >= 0.3 is 0 Å². The first kappa shape index (κ1) is 22.7. The van der Waals surface area contributed by atoms with Crippen LogP contribution in [0, 0.1) is 6.92 Å². The summed E-state index contributed by atoms with van der Waals surface area (Å²) >= 11 is 4.78. The molecule has 1 saturated heterocycles. The molecule has 2 heterocycles. The van der Waals surface area contributed by atoms with Crippen molar-refractivity contribution in [1.82, 2.24) is 19.7 Å². The molecule has 0 saturated carbocycles. The van der Waals surface area contributed by atoms with Crippen molar-refractivity contribution in [3.8, 4) is 0 Å². The molecule has 1 unspecified atom stereocenters. The first-order valence-corrected chi connectivity index (χ1v) is 12.5. The van der Waals surface area contributed by atoms with Crippen LogP contribution in [0.15, 0.2) is 58.2 Å². The quantitative estimate of drug-likeness (QED) is 0.316. The van der Waals surface area contributed by atoms with E-state index in [-0.39, 0.29) is 23.5 Å². The highest BCUT2D eigenvalue weighted by Gasteiger charge is 2.34. The summed E-state index contributed by atoms with van der Waals surface area (Å²) in [7, 11) is 0. The summed E-state index contributed by atoms with van der Waals surface area (Å²) in [5, 5.41) is 9.54. The summed E-state index contributed by atoms with van der Waals surface area (Å²) in [6, 6.07) is 15.0. The van der Waals surface area contributed by atoms with Crippen LogP contribution in [0.2, 0.25) is 0 Å². The van der Waals surface area contributed by atoms with E-state index in [9.17, 15) is 9.59 Å². The molecule has 1 aromatic heterocycles. The van der Waals surface area contributed by atoms with Gasteiger partial charge in [0.05, 0.1) is 11.8 Å². The lowest BCUT2D eigenvalue weighted by molar-refractivity contribution is 0.0726. The number of hydrogen-bond acceptors (Lipinski definition) is 5. The predicted molar refractivity (Wildman–Crippen MR) is 129 cm³/mol. The van der Waals surface area contributed by atoms with Crippen LogP contribution in [-0.2, 0) is 6.54 Å². The van der Waals surface area contributed by atoms with Crippen molar-refractivity contribution in [2.45, 2.75) is 44.4 Å². The first-order chi connectivity index (χ1) is 15.5. The van der Waals surface area contributed by atoms with Crippen LogP contribution in [-0.4, -0.2) is 43.7 Å². The average Bonchev–Trinajstić information content (AvgIpc) is 3.43. The Morgan fingerprint density at radius 2 is 1.91 bits per heavy atom. The van der Waals surface area contributed by atoms with Crippen molar-refractivity contribution >= 4 is 39.4 Å². The highest BCUT2D eigenvalue weighted by atomic mass is 79.9. The van der Waals surface area contributed by atoms with Gasteiger partial charge in [0.15, 0.2) is 16.8 Å². The smallest absolute Gasteiger partial charge is 0.254 e. The zero-order valence-corrected chi connectivity index (χ0v) is 20.5. The highest BCUT2D eigenvalue weighted by molar-refractivity contribution is 9.10. The number of Topliss-reactive ketones (excluding diaryl/α,β-unsaturated/α-hetero) is 1. The van der Waals surface area contributed by atoms with Crippen LogP contribution in [0.3, 0.4) is 0 Å². The molecule has 0 aliphatic carbocycles. The maximum Gasteiger partial charge on any atom is 0.254 e. The van der Waals surface area contributed by atoms with E-state index >= 15 is 0 Å². The van der Waals surface area contributed by atoms with Crippen LogP contribution in [0.25, 0.3) is 0 Å². The maximum atomic E-state index is 13.2. The lowest BCUT2D eigenvalue weighted by Crippen LogP contribution is -2.32. The molecule has 0 spiro atoms. The van der Waals surface area contributed by atoms with Crippen molar-refractivity contribution in [2.75, 3.05) is 12.3 Å². The molecule has 3 aromatic rings. The lowest BCUT2D eigenvalue weighted by atomic mass is 10.1. The molecule has 0 N–H and O–H groups in total. The molecular weight excluding hydrogens is 488 g/mol. The topological polar surface area (TPSA) is 68.1 Å². The van der Waals surface area contributed by atoms with Gasteiger partial charge in [0.25, 0.3) is 5.91 Å². The minimum atomic E-state index is -0.105. The monoisotopic (exact) mass is 512 g/mol. The maximum absolute atomic E-state index is 13.2. The molecule has 166 valence electrons. The molecule has 4 rings (SSSR count). The SMILES string of the molecule is CCn1c(SCC(=O)c2ccc(Br)cc2)nnc1C1CCCN1C(=O)c1cccc(C)c1. The van der Waals surface area contributed by atoms with Gasteiger partial charge in [-0.1, -0.05) is 57.5 Å². The van der Waals surface area contributed by atoms with Crippen LogP contribution < -0.4 is 0 Å². The van der Waals surface area contributed by atoms with Crippen LogP contribution in [0.1, 0.15) is 57.9 Å². The first-order valence-electron chi connectivity index (χ1n) is 10.7. The molecule has 0 radical (unpaired) electrons. The van der Waals surface area contributed by atoms with Crippen LogP contribution in [0.5, 0.6) is 0 Å². The summed E-state index contributed by atoms with van der Waals surface area (Å²) in [4.78, 5) is 27.7. The standard InChI is InChI=1S/C24H25BrN4O2S/c1-3-28-22(20-8-5-13-29(20)23(31)18-7-4-6-16(2)14-18)26-27-24(28)32-15-21(30)17-9-11-19(25)12-10-17/h4,6-7,9-12,14,20H,3,5,8,13,15H2,1-2H3. The minimum absolute atomic E-state index is 0.0291. The number of nitrogens with zero attached hydrogens (tertiary/aromatic N) is 4. The molecule has 2 aromatic carbocycles. The zero-order valence-electron chi connectivity index (χ0n) is 18.1. The van der Waals surface area contributed by atoms with E-state index in [1.807, 2.05) is 71.8 Å². The molecule has 1 atom stereocenters. The van der Waals surface area contributed by atoms with E-state index in [0.29, 0.717) is 29.4 Å². The Kier molecular flexibility index (Phi) is 7.10. The molecule has 1 amide bonds. The Bertz CT molecular complexity index is 1130. The number of ketones is 1. The van der Waals surface area contributed by atoms with Crippen molar-refractivity contribution in [2.24, 2.45) is 0 Å². The number of aromatic nitrogens is 3. The molecule has 1 aliphatic rings. The summed E-state index contributed by atoms with van der Waals surface area (Å²) < 4.78 is 2.98. The Morgan fingerprint density at radius 3 is 2.62 bits per heavy atom. The summed E-state index contributed by atoms with van der Waals surface area (Å²) in [6.45, 7) is 5.42. The summed E-state index contributed by atoms with van der Waals surface area (Å²) in [5.74, 6) is 1.16. The molecule has 8 heteroatoms. The number of hydrogen-bond donors (Lipinski definition) is 0. The van der Waals surface area contributed by atoms with E-state index in [2.05, 4.69) is 26.1 Å². The minimum Gasteiger partial charge on any atom is -0.328 e. The lowest BCUT2D eigenvalue weighted by Gasteiger charge is -2.24. The largest absolute Gasteiger partial charge is 0.328 e. The number of benzene rings is 2. The number of carbonyl (C=O) groups is 2. The second kappa shape index (κ2) is 10.0. The van der Waals surface area contributed by atoms with E-state index in [0.717, 1.165) is 28.7 Å². The fourth-order valence-corrected chi connectivity index (χ4v) is 5.19. The number of likely N-dealkylation sites (tertiary alicyclic amines) is 1. The van der Waals surface area contributed by atoms with Gasteiger partial charge in [0.1, 0.15) is 0 Å². The van der Waals surface area contributed by atoms with Gasteiger partial charge in [-0.25, -0.2) is 0 Å². The van der Waals surface area contributed by atoms with Crippen molar-refractivity contribution < 1.29 is 9.59 Å². The number of aryl methyl sites for hydroxylation is 1. The zero-order chi connectivity index (χ0) is 22.7. The molecule has 0 bridgehead atoms. The number of carbonyl (C=O) groups excluding carboxylic acids is 2. The van der Waals surface area contributed by atoms with E-state index in [4.69, 9.17) is 0 Å². The number of amides is 1. The third-order valence-corrected chi connectivity index (χ3v) is 7.13. The normalized spacial score (nSPS) is 15.8. The van der Waals surface area contributed by atoms with Gasteiger partial charge in [-0.3, -0.25) is 9.59 Å². The number of thioether (sulfide) groups is 1. The molecule has 1 aliphatic heterocycles. The Balaban J connectivity index is 1.51. The third-order valence-electron chi connectivity index (χ3n) is 5.64. The predicted octanol–water partition coefficient (Wildman–Crippen LogP) is 5.32. The van der Waals surface area contributed by atoms with Gasteiger partial charge < -0.3 is 9.47 Å².